The van der Waals surface area contributed by atoms with Crippen molar-refractivity contribution in [2.24, 2.45) is 0 Å². The third-order valence-corrected chi connectivity index (χ3v) is 7.33. The number of thiophene rings is 1. The molecule has 13 heteroatoms. The van der Waals surface area contributed by atoms with Crippen molar-refractivity contribution in [1.29, 1.82) is 0 Å². The molecule has 198 valence electrons. The Morgan fingerprint density at radius 3 is 2.36 bits per heavy atom. The van der Waals surface area contributed by atoms with Gasteiger partial charge in [-0.25, -0.2) is 4.98 Å². The second-order valence-electron chi connectivity index (χ2n) is 8.13. The first-order valence-corrected chi connectivity index (χ1v) is 12.7. The minimum Gasteiger partial charge on any atom is -0.544 e. The molecule has 36 heavy (non-hydrogen) atoms. The van der Waals surface area contributed by atoms with Crippen LogP contribution in [0.3, 0.4) is 0 Å². The predicted octanol–water partition coefficient (Wildman–Crippen LogP) is -0.413. The number of aromatic carboxylic acids is 1. The number of aryl methyl sites for hydroxylation is 1. The fourth-order valence-corrected chi connectivity index (χ4v) is 4.74. The van der Waals surface area contributed by atoms with Crippen molar-refractivity contribution in [2.75, 3.05) is 13.6 Å². The van der Waals surface area contributed by atoms with Crippen LogP contribution in [0.15, 0.2) is 23.0 Å². The molecule has 2 heterocycles. The minimum atomic E-state index is -1.31. The number of halogens is 2. The monoisotopic (exact) mass is 561 g/mol. The summed E-state index contributed by atoms with van der Waals surface area (Å²) in [5.74, 6) is -0.886. The second-order valence-corrected chi connectivity index (χ2v) is 9.94. The number of likely N-dealkylation sites (N-methyl/N-ethyl adjacent to an activating group) is 1. The molecule has 3 rings (SSSR count). The summed E-state index contributed by atoms with van der Waals surface area (Å²) in [5, 5.41) is 51.0. The lowest BCUT2D eigenvalue weighted by Crippen LogP contribution is -2.83. The first-order valence-electron chi connectivity index (χ1n) is 11.1. The van der Waals surface area contributed by atoms with Crippen LogP contribution in [0.25, 0.3) is 10.2 Å². The molecule has 2 aromatic heterocycles. The Bertz CT molecular complexity index is 1250. The van der Waals surface area contributed by atoms with Crippen LogP contribution in [-0.2, 0) is 6.42 Å². The van der Waals surface area contributed by atoms with E-state index in [0.29, 0.717) is 45.6 Å². The Kier molecular flexibility index (Phi) is 11.3. The molecule has 0 radical (unpaired) electrons. The van der Waals surface area contributed by atoms with Crippen LogP contribution in [-0.4, -0.2) is 74.4 Å². The fourth-order valence-electron chi connectivity index (χ4n) is 3.39. The van der Waals surface area contributed by atoms with Crippen molar-refractivity contribution in [3.8, 4) is 0 Å². The number of aliphatic hydroxyl groups excluding tert-OH is 4. The van der Waals surface area contributed by atoms with E-state index in [9.17, 15) is 35.1 Å². The Morgan fingerprint density at radius 1 is 1.17 bits per heavy atom. The number of aromatic nitrogens is 2. The molecule has 0 amide bonds. The molecule has 0 aliphatic heterocycles. The molecule has 0 aliphatic carbocycles. The summed E-state index contributed by atoms with van der Waals surface area (Å²) < 4.78 is 0. The maximum Gasteiger partial charge on any atom is 0.259 e. The first-order chi connectivity index (χ1) is 16.9. The maximum absolute atomic E-state index is 12.2. The number of aliphatic hydroxyl groups is 4. The van der Waals surface area contributed by atoms with Gasteiger partial charge in [0.2, 0.25) is 0 Å². The summed E-state index contributed by atoms with van der Waals surface area (Å²) in [7, 11) is 1.75. The lowest BCUT2D eigenvalue weighted by atomic mass is 10.0. The van der Waals surface area contributed by atoms with Gasteiger partial charge in [-0.1, -0.05) is 36.2 Å². The number of nitrogens with one attached hydrogen (secondary N) is 1. The number of aromatic amines is 1. The van der Waals surface area contributed by atoms with Gasteiger partial charge in [0.15, 0.2) is 0 Å². The van der Waals surface area contributed by atoms with Gasteiger partial charge in [-0.3, -0.25) is 4.79 Å². The average Bonchev–Trinajstić information content (AvgIpc) is 3.17. The summed E-state index contributed by atoms with van der Waals surface area (Å²) >= 11 is 12.8. The number of nitrogens with zero attached hydrogens (tertiary/aromatic N) is 1. The van der Waals surface area contributed by atoms with E-state index in [1.807, 2.05) is 0 Å². The highest BCUT2D eigenvalue weighted by atomic mass is 35.5. The van der Waals surface area contributed by atoms with E-state index in [-0.39, 0.29) is 15.8 Å². The number of fused-ring (bicyclic) bond motifs is 1. The molecule has 4 atom stereocenters. The number of carbonyl (C=O) groups is 1. The van der Waals surface area contributed by atoms with Gasteiger partial charge < -0.3 is 40.6 Å². The minimum absolute atomic E-state index is 0.0182. The number of nitrogens with two attached hydrogens (primary N) is 1. The number of carboxylic acid groups (broad SMARTS) is 1. The van der Waals surface area contributed by atoms with Crippen LogP contribution in [0.4, 0.5) is 0 Å². The molecule has 1 aromatic carbocycles. The molecule has 0 unspecified atom stereocenters. The molecule has 3 aromatic rings. The third kappa shape index (κ3) is 7.46. The number of rotatable bonds is 9. The zero-order chi connectivity index (χ0) is 27.2. The largest absolute Gasteiger partial charge is 0.544 e. The fraction of sp³-hybridized carbons (Fsp3) is 0.435. The summed E-state index contributed by atoms with van der Waals surface area (Å²) in [6, 6.07) is 5.14. The summed E-state index contributed by atoms with van der Waals surface area (Å²) in [6.07, 6.45) is -3.87. The molecular formula is C23H29Cl2N3O7S. The van der Waals surface area contributed by atoms with Gasteiger partial charge in [-0.2, -0.15) is 0 Å². The molecule has 0 aliphatic rings. The number of benzene rings is 1. The summed E-state index contributed by atoms with van der Waals surface area (Å²) in [6.45, 7) is 3.56. The lowest BCUT2D eigenvalue weighted by Gasteiger charge is -2.24. The Balaban J connectivity index is 0.000000302. The molecule has 10 nitrogen and oxygen atoms in total. The van der Waals surface area contributed by atoms with Gasteiger partial charge in [0.1, 0.15) is 35.5 Å². The third-order valence-electron chi connectivity index (χ3n) is 5.42. The quantitative estimate of drug-likeness (QED) is 0.203. The summed E-state index contributed by atoms with van der Waals surface area (Å²) in [4.78, 5) is 30.7. The second kappa shape index (κ2) is 13.5. The molecule has 0 spiro atoms. The number of quaternary nitrogens is 1. The molecule has 0 saturated heterocycles. The predicted molar refractivity (Wildman–Crippen MR) is 136 cm³/mol. The highest BCUT2D eigenvalue weighted by molar-refractivity contribution is 7.20. The van der Waals surface area contributed by atoms with E-state index in [2.05, 4.69) is 9.97 Å². The molecule has 0 bridgehead atoms. The van der Waals surface area contributed by atoms with Gasteiger partial charge in [-0.05, 0) is 36.6 Å². The molecule has 7 N–H and O–H groups in total. The summed E-state index contributed by atoms with van der Waals surface area (Å²) in [5.41, 5.74) is 0.835. The highest BCUT2D eigenvalue weighted by Crippen LogP contribution is 2.27. The number of H-pyrrole nitrogens is 1. The van der Waals surface area contributed by atoms with Gasteiger partial charge >= 0.3 is 0 Å². The van der Waals surface area contributed by atoms with Gasteiger partial charge in [0.25, 0.3) is 5.56 Å². The zero-order valence-electron chi connectivity index (χ0n) is 19.9. The van der Waals surface area contributed by atoms with Gasteiger partial charge in [0, 0.05) is 6.42 Å². The van der Waals surface area contributed by atoms with Crippen molar-refractivity contribution < 1.29 is 35.6 Å². The van der Waals surface area contributed by atoms with Gasteiger partial charge in [0.05, 0.1) is 39.4 Å². The molecule has 0 fully saturated rings. The van der Waals surface area contributed by atoms with Crippen molar-refractivity contribution in [2.45, 2.75) is 51.1 Å². The van der Waals surface area contributed by atoms with E-state index >= 15 is 0 Å². The Morgan fingerprint density at radius 2 is 1.81 bits per heavy atom. The van der Waals surface area contributed by atoms with Crippen molar-refractivity contribution in [3.63, 3.8) is 0 Å². The first kappa shape index (κ1) is 30.1. The zero-order valence-corrected chi connectivity index (χ0v) is 22.2. The van der Waals surface area contributed by atoms with Crippen molar-refractivity contribution in [1.82, 2.24) is 9.97 Å². The van der Waals surface area contributed by atoms with Crippen LogP contribution in [0.1, 0.15) is 40.0 Å². The van der Waals surface area contributed by atoms with E-state index < -0.39 is 30.4 Å². The van der Waals surface area contributed by atoms with E-state index in [1.165, 1.54) is 0 Å². The SMILES string of the molecule is CC[C@@H](O)[C@@H](O)[C@H](O)[C@@H](O)C[NH2+]C.Cc1c(C(=O)[O-])sc2nc(Cc3ccc(Cl)c(Cl)c3)[nH]c(=O)c12. The van der Waals surface area contributed by atoms with Crippen LogP contribution >= 0.6 is 34.5 Å². The van der Waals surface area contributed by atoms with Crippen LogP contribution in [0, 0.1) is 6.92 Å². The smallest absolute Gasteiger partial charge is 0.259 e. The number of carboxylic acids is 1. The van der Waals surface area contributed by atoms with E-state index in [4.69, 9.17) is 23.2 Å². The number of hydrogen-bond donors (Lipinski definition) is 6. The number of hydrogen-bond acceptors (Lipinski definition) is 9. The van der Waals surface area contributed by atoms with Crippen molar-refractivity contribution in [3.05, 3.63) is 60.4 Å². The normalized spacial score (nSPS) is 14.6. The maximum atomic E-state index is 12.2. The van der Waals surface area contributed by atoms with Crippen LogP contribution in [0.2, 0.25) is 10.0 Å². The van der Waals surface area contributed by atoms with Crippen LogP contribution in [0.5, 0.6) is 0 Å². The standard InChI is InChI=1S/C15H10Cl2N2O3S.C8H19NO4/c1-6-11-13(20)18-10(19-14(11)23-12(6)15(21)22)5-7-2-3-8(16)9(17)4-7;1-3-5(10)7(12)8(13)6(11)4-9-2/h2-4H,5H2,1H3,(H,21,22)(H,18,19,20);5-13H,3-4H2,1-2H3/t;5-,6+,7-,8-/m.1/s1. The topological polar surface area (TPSA) is 183 Å². The highest BCUT2D eigenvalue weighted by Gasteiger charge is 2.29. The Labute approximate surface area is 221 Å². The average molecular weight is 562 g/mol. The van der Waals surface area contributed by atoms with E-state index in [1.54, 1.807) is 44.4 Å². The van der Waals surface area contributed by atoms with E-state index in [0.717, 1.165) is 16.9 Å². The van der Waals surface area contributed by atoms with Gasteiger partial charge in [-0.15, -0.1) is 11.3 Å². The molecule has 0 saturated carbocycles. The van der Waals surface area contributed by atoms with Crippen LogP contribution < -0.4 is 16.0 Å². The lowest BCUT2D eigenvalue weighted by molar-refractivity contribution is -0.635. The molecular weight excluding hydrogens is 533 g/mol. The van der Waals surface area contributed by atoms with Crippen molar-refractivity contribution >= 4 is 50.7 Å². The number of carbonyl (C=O) groups excluding carboxylic acids is 1. The Hall–Kier alpha value is -2.09.